The summed E-state index contributed by atoms with van der Waals surface area (Å²) >= 11 is 1.39. The number of ether oxygens (including phenoxy) is 2. The Kier molecular flexibility index (Phi) is 8.31. The second kappa shape index (κ2) is 12.2. The summed E-state index contributed by atoms with van der Waals surface area (Å²) in [5.41, 5.74) is 3.88. The first kappa shape index (κ1) is 27.2. The number of carbonyl (C=O) groups is 2. The summed E-state index contributed by atoms with van der Waals surface area (Å²) in [5.74, 6) is -0.438. The molecule has 9 heteroatoms. The Labute approximate surface area is 236 Å². The minimum atomic E-state index is -0.649. The molecule has 0 fully saturated rings. The van der Waals surface area contributed by atoms with E-state index in [0.29, 0.717) is 27.9 Å². The first-order valence-corrected chi connectivity index (χ1v) is 13.7. The molecule has 0 saturated heterocycles. The molecule has 0 bridgehead atoms. The third-order valence-electron chi connectivity index (χ3n) is 6.53. The van der Waals surface area contributed by atoms with Crippen LogP contribution in [0.3, 0.4) is 0 Å². The van der Waals surface area contributed by atoms with Crippen molar-refractivity contribution in [2.24, 2.45) is 4.99 Å². The average Bonchev–Trinajstić information content (AvgIpc) is 3.38. The summed E-state index contributed by atoms with van der Waals surface area (Å²) in [7, 11) is 1.58. The lowest BCUT2D eigenvalue weighted by Crippen LogP contribution is -2.38. The Morgan fingerprint density at radius 3 is 2.48 bits per heavy atom. The van der Waals surface area contributed by atoms with Crippen molar-refractivity contribution in [2.75, 3.05) is 13.7 Å². The summed E-state index contributed by atoms with van der Waals surface area (Å²) in [6.45, 7) is 2.23. The van der Waals surface area contributed by atoms with E-state index in [1.165, 1.54) is 23.9 Å². The van der Waals surface area contributed by atoms with Crippen LogP contribution < -0.4 is 10.1 Å². The Morgan fingerprint density at radius 2 is 1.75 bits per heavy atom. The lowest BCUT2D eigenvalue weighted by Gasteiger charge is -2.37. The number of halogens is 1. The molecule has 2 heterocycles. The minimum absolute atomic E-state index is 0.0512. The van der Waals surface area contributed by atoms with Gasteiger partial charge in [0.1, 0.15) is 11.6 Å². The Morgan fingerprint density at radius 1 is 1.02 bits per heavy atom. The van der Waals surface area contributed by atoms with E-state index in [2.05, 4.69) is 5.32 Å². The number of thioether (sulfide) groups is 1. The fraction of sp³-hybridized carbons (Fsp3) is 0.194. The van der Waals surface area contributed by atoms with Gasteiger partial charge in [0.15, 0.2) is 5.17 Å². The van der Waals surface area contributed by atoms with Gasteiger partial charge in [-0.05, 0) is 36.1 Å². The monoisotopic (exact) mass is 557 g/mol. The van der Waals surface area contributed by atoms with Crippen LogP contribution in [0.1, 0.15) is 36.1 Å². The second-order valence-corrected chi connectivity index (χ2v) is 9.90. The highest BCUT2D eigenvalue weighted by atomic mass is 32.2. The number of rotatable bonds is 9. The van der Waals surface area contributed by atoms with Crippen LogP contribution in [-0.2, 0) is 20.9 Å². The molecule has 40 heavy (non-hydrogen) atoms. The number of aliphatic imine (C=N–C) groups is 1. The van der Waals surface area contributed by atoms with Gasteiger partial charge in [0, 0.05) is 23.4 Å². The molecule has 3 aromatic rings. The second-order valence-electron chi connectivity index (χ2n) is 9.06. The third-order valence-corrected chi connectivity index (χ3v) is 7.42. The maximum absolute atomic E-state index is 13.6. The first-order valence-electron chi connectivity index (χ1n) is 12.8. The van der Waals surface area contributed by atoms with Crippen molar-refractivity contribution in [1.29, 1.82) is 0 Å². The maximum atomic E-state index is 13.6. The van der Waals surface area contributed by atoms with E-state index in [-0.39, 0.29) is 31.3 Å². The van der Waals surface area contributed by atoms with Gasteiger partial charge in [0.25, 0.3) is 0 Å². The summed E-state index contributed by atoms with van der Waals surface area (Å²) in [5, 5.41) is 5.43. The number of benzene rings is 3. The number of carbonyl (C=O) groups excluding carboxylic acids is 2. The molecule has 0 aliphatic carbocycles. The minimum Gasteiger partial charge on any atom is -0.496 e. The highest BCUT2D eigenvalue weighted by molar-refractivity contribution is 8.16. The summed E-state index contributed by atoms with van der Waals surface area (Å²) in [4.78, 5) is 33.5. The smallest absolute Gasteiger partial charge is 0.338 e. The van der Waals surface area contributed by atoms with E-state index in [9.17, 15) is 14.0 Å². The standard InChI is InChI=1S/C31H28FN3O4S/c1-3-39-30(37)27-28(21-9-5-4-6-10-21)34-31-35(29(27)24-11-7-8-12-25(24)38-2)23(19-40-31)17-26(36)33-18-20-13-15-22(32)16-14-20/h4-16,19,29H,3,17-18H2,1-2H3,(H,33,36). The van der Waals surface area contributed by atoms with Gasteiger partial charge in [0.2, 0.25) is 5.91 Å². The predicted molar refractivity (Wildman–Crippen MR) is 154 cm³/mol. The number of nitrogens with zero attached hydrogens (tertiary/aromatic N) is 2. The van der Waals surface area contributed by atoms with Gasteiger partial charge in [-0.25, -0.2) is 14.2 Å². The van der Waals surface area contributed by atoms with Crippen molar-refractivity contribution in [2.45, 2.75) is 25.9 Å². The molecular weight excluding hydrogens is 529 g/mol. The molecule has 0 spiro atoms. The highest BCUT2D eigenvalue weighted by Gasteiger charge is 2.43. The fourth-order valence-electron chi connectivity index (χ4n) is 4.70. The quantitative estimate of drug-likeness (QED) is 0.334. The number of methoxy groups -OCH3 is 1. The Bertz CT molecular complexity index is 1500. The van der Waals surface area contributed by atoms with Crippen molar-refractivity contribution in [3.05, 3.63) is 118 Å². The summed E-state index contributed by atoms with van der Waals surface area (Å²) in [6.07, 6.45) is 0.0512. The number of nitrogens with one attached hydrogen (secondary N) is 1. The van der Waals surface area contributed by atoms with Crippen LogP contribution in [0, 0.1) is 5.82 Å². The van der Waals surface area contributed by atoms with Crippen molar-refractivity contribution < 1.29 is 23.5 Å². The normalized spacial score (nSPS) is 16.2. The fourth-order valence-corrected chi connectivity index (χ4v) is 5.62. The molecule has 2 aliphatic heterocycles. The van der Waals surface area contributed by atoms with Crippen molar-refractivity contribution >= 4 is 34.5 Å². The number of para-hydroxylation sites is 1. The first-order chi connectivity index (χ1) is 19.5. The SMILES string of the molecule is CCOC(=O)C1=C(c2ccccc2)N=C2SC=C(CC(=O)NCc3ccc(F)cc3)N2C1c1ccccc1OC. The average molecular weight is 558 g/mol. The molecular formula is C31H28FN3O4S. The molecule has 1 unspecified atom stereocenters. The molecule has 0 radical (unpaired) electrons. The molecule has 1 atom stereocenters. The number of amides is 1. The highest BCUT2D eigenvalue weighted by Crippen LogP contribution is 2.48. The molecule has 204 valence electrons. The van der Waals surface area contributed by atoms with Crippen LogP contribution in [0.4, 0.5) is 4.39 Å². The van der Waals surface area contributed by atoms with Crippen molar-refractivity contribution in [3.63, 3.8) is 0 Å². The number of hydrogen-bond donors (Lipinski definition) is 1. The topological polar surface area (TPSA) is 80.2 Å². The molecule has 1 amide bonds. The number of esters is 1. The van der Waals surface area contributed by atoms with E-state index in [1.807, 2.05) is 64.9 Å². The third kappa shape index (κ3) is 5.65. The van der Waals surface area contributed by atoms with Crippen LogP contribution in [0.15, 0.2) is 101 Å². The molecule has 5 rings (SSSR count). The number of fused-ring (bicyclic) bond motifs is 1. The molecule has 2 aliphatic rings. The van der Waals surface area contributed by atoms with Crippen LogP contribution in [0.2, 0.25) is 0 Å². The van der Waals surface area contributed by atoms with Crippen LogP contribution in [0.5, 0.6) is 5.75 Å². The molecule has 0 saturated carbocycles. The number of amidine groups is 1. The van der Waals surface area contributed by atoms with Gasteiger partial charge in [0.05, 0.1) is 37.4 Å². The summed E-state index contributed by atoms with van der Waals surface area (Å²) in [6, 6.07) is 22.3. The molecule has 0 aromatic heterocycles. The van der Waals surface area contributed by atoms with E-state index in [4.69, 9.17) is 14.5 Å². The van der Waals surface area contributed by atoms with Gasteiger partial charge >= 0.3 is 5.97 Å². The van der Waals surface area contributed by atoms with Crippen molar-refractivity contribution in [1.82, 2.24) is 10.2 Å². The van der Waals surface area contributed by atoms with Gasteiger partial charge in [-0.3, -0.25) is 4.79 Å². The Balaban J connectivity index is 1.53. The predicted octanol–water partition coefficient (Wildman–Crippen LogP) is 5.82. The van der Waals surface area contributed by atoms with Crippen LogP contribution in [-0.4, -0.2) is 35.7 Å². The molecule has 3 aromatic carbocycles. The van der Waals surface area contributed by atoms with E-state index >= 15 is 0 Å². The molecule has 1 N–H and O–H groups in total. The maximum Gasteiger partial charge on any atom is 0.338 e. The largest absolute Gasteiger partial charge is 0.496 e. The van der Waals surface area contributed by atoms with E-state index in [1.54, 1.807) is 26.2 Å². The van der Waals surface area contributed by atoms with Gasteiger partial charge in [-0.15, -0.1) is 0 Å². The van der Waals surface area contributed by atoms with Crippen LogP contribution >= 0.6 is 11.8 Å². The zero-order chi connectivity index (χ0) is 28.1. The summed E-state index contributed by atoms with van der Waals surface area (Å²) < 4.78 is 24.5. The zero-order valence-corrected chi connectivity index (χ0v) is 22.9. The van der Waals surface area contributed by atoms with E-state index < -0.39 is 12.0 Å². The lowest BCUT2D eigenvalue weighted by atomic mass is 9.91. The number of hydrogen-bond acceptors (Lipinski definition) is 7. The van der Waals surface area contributed by atoms with Crippen molar-refractivity contribution in [3.8, 4) is 5.75 Å². The Hall–Kier alpha value is -4.37. The van der Waals surface area contributed by atoms with Gasteiger partial charge < -0.3 is 19.7 Å². The van der Waals surface area contributed by atoms with E-state index in [0.717, 1.165) is 16.7 Å². The van der Waals surface area contributed by atoms with Crippen LogP contribution in [0.25, 0.3) is 5.70 Å². The molecule has 7 nitrogen and oxygen atoms in total. The zero-order valence-electron chi connectivity index (χ0n) is 22.1. The lowest BCUT2D eigenvalue weighted by molar-refractivity contribution is -0.139. The van der Waals surface area contributed by atoms with Gasteiger partial charge in [-0.1, -0.05) is 72.4 Å². The van der Waals surface area contributed by atoms with Gasteiger partial charge in [-0.2, -0.15) is 0 Å².